The lowest BCUT2D eigenvalue weighted by Gasteiger charge is -2.41. The number of piperidine rings is 1. The number of benzene rings is 1. The molecule has 3 nitrogen and oxygen atoms in total. The van der Waals surface area contributed by atoms with Crippen molar-refractivity contribution in [2.75, 3.05) is 20.2 Å². The fourth-order valence-electron chi connectivity index (χ4n) is 3.42. The van der Waals surface area contributed by atoms with E-state index in [4.69, 9.17) is 10.5 Å². The SMILES string of the molecule is CCC(c1ccc(OC)cc1)N1CCCCC1CCN. The van der Waals surface area contributed by atoms with Crippen molar-refractivity contribution in [1.82, 2.24) is 4.90 Å². The molecule has 2 rings (SSSR count). The van der Waals surface area contributed by atoms with Gasteiger partial charge in [0.2, 0.25) is 0 Å². The van der Waals surface area contributed by atoms with Gasteiger partial charge in [-0.05, 0) is 56.5 Å². The number of ether oxygens (including phenoxy) is 1. The minimum atomic E-state index is 0.512. The summed E-state index contributed by atoms with van der Waals surface area (Å²) in [5, 5.41) is 0. The largest absolute Gasteiger partial charge is 0.497 e. The van der Waals surface area contributed by atoms with Crippen molar-refractivity contribution in [3.05, 3.63) is 29.8 Å². The van der Waals surface area contributed by atoms with Crippen LogP contribution in [0, 0.1) is 0 Å². The topological polar surface area (TPSA) is 38.5 Å². The molecule has 1 aromatic rings. The van der Waals surface area contributed by atoms with Crippen LogP contribution in [-0.2, 0) is 0 Å². The second-order valence-electron chi connectivity index (χ2n) is 5.66. The number of hydrogen-bond donors (Lipinski definition) is 1. The van der Waals surface area contributed by atoms with E-state index in [0.717, 1.165) is 25.1 Å². The third kappa shape index (κ3) is 3.53. The molecule has 2 unspecified atom stereocenters. The minimum absolute atomic E-state index is 0.512. The van der Waals surface area contributed by atoms with Crippen LogP contribution >= 0.6 is 0 Å². The lowest BCUT2D eigenvalue weighted by atomic mass is 9.93. The zero-order chi connectivity index (χ0) is 14.4. The summed E-state index contributed by atoms with van der Waals surface area (Å²) in [5.74, 6) is 0.931. The number of methoxy groups -OCH3 is 1. The standard InChI is InChI=1S/C17H28N2O/c1-3-17(14-7-9-16(20-2)10-8-14)19-13-5-4-6-15(19)11-12-18/h7-10,15,17H,3-6,11-13,18H2,1-2H3. The lowest BCUT2D eigenvalue weighted by molar-refractivity contribution is 0.0871. The molecule has 0 bridgehead atoms. The van der Waals surface area contributed by atoms with Gasteiger partial charge >= 0.3 is 0 Å². The third-order valence-corrected chi connectivity index (χ3v) is 4.46. The molecular formula is C17H28N2O. The zero-order valence-electron chi connectivity index (χ0n) is 12.8. The number of hydrogen-bond acceptors (Lipinski definition) is 3. The van der Waals surface area contributed by atoms with Crippen LogP contribution in [0.2, 0.25) is 0 Å². The van der Waals surface area contributed by atoms with Crippen LogP contribution in [0.3, 0.4) is 0 Å². The van der Waals surface area contributed by atoms with Crippen molar-refractivity contribution < 1.29 is 4.74 Å². The maximum atomic E-state index is 5.80. The molecular weight excluding hydrogens is 248 g/mol. The predicted molar refractivity (Wildman–Crippen MR) is 84.0 cm³/mol. The van der Waals surface area contributed by atoms with Crippen molar-refractivity contribution in [3.8, 4) is 5.75 Å². The van der Waals surface area contributed by atoms with E-state index in [1.165, 1.54) is 31.4 Å². The van der Waals surface area contributed by atoms with Gasteiger partial charge in [0.15, 0.2) is 0 Å². The third-order valence-electron chi connectivity index (χ3n) is 4.46. The van der Waals surface area contributed by atoms with Gasteiger partial charge in [-0.1, -0.05) is 25.5 Å². The first-order valence-electron chi connectivity index (χ1n) is 7.90. The van der Waals surface area contributed by atoms with Gasteiger partial charge in [0.05, 0.1) is 7.11 Å². The van der Waals surface area contributed by atoms with Gasteiger partial charge in [-0.25, -0.2) is 0 Å². The van der Waals surface area contributed by atoms with E-state index >= 15 is 0 Å². The van der Waals surface area contributed by atoms with E-state index in [9.17, 15) is 0 Å². The molecule has 1 aromatic carbocycles. The van der Waals surface area contributed by atoms with E-state index in [2.05, 4.69) is 36.1 Å². The molecule has 1 heterocycles. The fraction of sp³-hybridized carbons (Fsp3) is 0.647. The summed E-state index contributed by atoms with van der Waals surface area (Å²) in [6.07, 6.45) is 6.22. The highest BCUT2D eigenvalue weighted by Gasteiger charge is 2.28. The molecule has 1 fully saturated rings. The summed E-state index contributed by atoms with van der Waals surface area (Å²) in [6, 6.07) is 9.72. The summed E-state index contributed by atoms with van der Waals surface area (Å²) in [4.78, 5) is 2.68. The molecule has 0 aliphatic carbocycles. The predicted octanol–water partition coefficient (Wildman–Crippen LogP) is 3.35. The first-order valence-corrected chi connectivity index (χ1v) is 7.90. The molecule has 2 atom stereocenters. The molecule has 3 heteroatoms. The molecule has 2 N–H and O–H groups in total. The van der Waals surface area contributed by atoms with Crippen LogP contribution in [0.4, 0.5) is 0 Å². The highest BCUT2D eigenvalue weighted by molar-refractivity contribution is 5.29. The van der Waals surface area contributed by atoms with Gasteiger partial charge in [-0.2, -0.15) is 0 Å². The van der Waals surface area contributed by atoms with Crippen molar-refractivity contribution >= 4 is 0 Å². The molecule has 0 saturated carbocycles. The Bertz CT molecular complexity index is 388. The van der Waals surface area contributed by atoms with Crippen LogP contribution in [-0.4, -0.2) is 31.1 Å². The van der Waals surface area contributed by atoms with E-state index in [1.807, 2.05) is 0 Å². The number of rotatable bonds is 6. The summed E-state index contributed by atoms with van der Waals surface area (Å²) in [6.45, 7) is 4.28. The van der Waals surface area contributed by atoms with Crippen LogP contribution in [0.15, 0.2) is 24.3 Å². The Morgan fingerprint density at radius 3 is 2.65 bits per heavy atom. The number of nitrogens with two attached hydrogens (primary N) is 1. The quantitative estimate of drug-likeness (QED) is 0.866. The Morgan fingerprint density at radius 1 is 1.30 bits per heavy atom. The number of likely N-dealkylation sites (tertiary alicyclic amines) is 1. The maximum absolute atomic E-state index is 5.80. The Morgan fingerprint density at radius 2 is 2.05 bits per heavy atom. The summed E-state index contributed by atoms with van der Waals surface area (Å²) < 4.78 is 5.26. The number of nitrogens with zero attached hydrogens (tertiary/aromatic N) is 1. The molecule has 0 aromatic heterocycles. The highest BCUT2D eigenvalue weighted by atomic mass is 16.5. The van der Waals surface area contributed by atoms with Gasteiger partial charge in [-0.15, -0.1) is 0 Å². The van der Waals surface area contributed by atoms with Gasteiger partial charge < -0.3 is 10.5 Å². The monoisotopic (exact) mass is 276 g/mol. The zero-order valence-corrected chi connectivity index (χ0v) is 12.8. The molecule has 0 spiro atoms. The maximum Gasteiger partial charge on any atom is 0.118 e. The molecule has 20 heavy (non-hydrogen) atoms. The normalized spacial score (nSPS) is 21.6. The first kappa shape index (κ1) is 15.3. The van der Waals surface area contributed by atoms with Crippen molar-refractivity contribution in [2.45, 2.75) is 51.1 Å². The summed E-state index contributed by atoms with van der Waals surface area (Å²) in [7, 11) is 1.72. The molecule has 1 aliphatic heterocycles. The van der Waals surface area contributed by atoms with Crippen LogP contribution in [0.25, 0.3) is 0 Å². The van der Waals surface area contributed by atoms with Gasteiger partial charge in [0, 0.05) is 12.1 Å². The van der Waals surface area contributed by atoms with Crippen molar-refractivity contribution in [1.29, 1.82) is 0 Å². The Balaban J connectivity index is 2.15. The molecule has 1 aliphatic rings. The first-order chi connectivity index (χ1) is 9.80. The van der Waals surface area contributed by atoms with Gasteiger partial charge in [0.1, 0.15) is 5.75 Å². The van der Waals surface area contributed by atoms with Gasteiger partial charge in [-0.3, -0.25) is 4.90 Å². The molecule has 0 radical (unpaired) electrons. The smallest absolute Gasteiger partial charge is 0.118 e. The summed E-state index contributed by atoms with van der Waals surface area (Å²) >= 11 is 0. The second-order valence-corrected chi connectivity index (χ2v) is 5.66. The van der Waals surface area contributed by atoms with Gasteiger partial charge in [0.25, 0.3) is 0 Å². The van der Waals surface area contributed by atoms with E-state index < -0.39 is 0 Å². The van der Waals surface area contributed by atoms with E-state index in [0.29, 0.717) is 12.1 Å². The fourth-order valence-corrected chi connectivity index (χ4v) is 3.42. The Labute approximate surface area is 123 Å². The molecule has 0 amide bonds. The summed E-state index contributed by atoms with van der Waals surface area (Å²) in [5.41, 5.74) is 7.20. The molecule has 1 saturated heterocycles. The van der Waals surface area contributed by atoms with Crippen molar-refractivity contribution in [3.63, 3.8) is 0 Å². The average molecular weight is 276 g/mol. The Hall–Kier alpha value is -1.06. The average Bonchev–Trinajstić information content (AvgIpc) is 2.51. The highest BCUT2D eigenvalue weighted by Crippen LogP contribution is 2.32. The van der Waals surface area contributed by atoms with Crippen LogP contribution in [0.1, 0.15) is 50.6 Å². The van der Waals surface area contributed by atoms with Crippen LogP contribution in [0.5, 0.6) is 5.75 Å². The Kier molecular flexibility index (Phi) is 5.86. The van der Waals surface area contributed by atoms with E-state index in [1.54, 1.807) is 7.11 Å². The molecule has 112 valence electrons. The minimum Gasteiger partial charge on any atom is -0.497 e. The van der Waals surface area contributed by atoms with Crippen molar-refractivity contribution in [2.24, 2.45) is 5.73 Å². The van der Waals surface area contributed by atoms with Crippen LogP contribution < -0.4 is 10.5 Å². The second kappa shape index (κ2) is 7.65. The lowest BCUT2D eigenvalue weighted by Crippen LogP contribution is -2.42. The van der Waals surface area contributed by atoms with E-state index in [-0.39, 0.29) is 0 Å².